The van der Waals surface area contributed by atoms with Gasteiger partial charge in [0.05, 0.1) is 6.07 Å². The number of rotatable bonds is 3. The van der Waals surface area contributed by atoms with Gasteiger partial charge in [-0.25, -0.2) is 0 Å². The summed E-state index contributed by atoms with van der Waals surface area (Å²) in [6.45, 7) is 4.46. The van der Waals surface area contributed by atoms with Gasteiger partial charge in [-0.2, -0.15) is 34.6 Å². The van der Waals surface area contributed by atoms with Gasteiger partial charge in [-0.05, 0) is 6.54 Å². The zero-order valence-electron chi connectivity index (χ0n) is 9.50. The molecule has 0 fully saturated rings. The topological polar surface area (TPSA) is 52.9 Å². The molecule has 3 nitrogen and oxygen atoms in total. The number of carbonyl (C=O) groups excluding carboxylic acids is 1. The van der Waals surface area contributed by atoms with E-state index in [0.717, 1.165) is 16.7 Å². The third kappa shape index (κ3) is 4.87. The van der Waals surface area contributed by atoms with Crippen LogP contribution in [0.25, 0.3) is 0 Å². The number of nitrogens with one attached hydrogen (secondary N) is 1. The van der Waals surface area contributed by atoms with Crippen molar-refractivity contribution >= 4 is 5.91 Å². The summed E-state index contributed by atoms with van der Waals surface area (Å²) in [4.78, 5) is 11.0. The van der Waals surface area contributed by atoms with Crippen molar-refractivity contribution in [1.82, 2.24) is 5.32 Å². The maximum absolute atomic E-state index is 11.0. The molecule has 0 saturated heterocycles. The molecule has 1 aromatic rings. The van der Waals surface area contributed by atoms with E-state index < -0.39 is 0 Å². The first-order chi connectivity index (χ1) is 7.13. The van der Waals surface area contributed by atoms with E-state index >= 15 is 0 Å². The molecule has 0 unspecified atom stereocenters. The van der Waals surface area contributed by atoms with Gasteiger partial charge < -0.3 is 5.32 Å². The van der Waals surface area contributed by atoms with Crippen LogP contribution >= 0.6 is 0 Å². The van der Waals surface area contributed by atoms with Crippen LogP contribution in [0.4, 0.5) is 0 Å². The van der Waals surface area contributed by atoms with Crippen LogP contribution in [0.3, 0.4) is 0 Å². The van der Waals surface area contributed by atoms with E-state index in [1.165, 1.54) is 0 Å². The molecule has 0 atom stereocenters. The number of benzene rings is 1. The number of nitriles is 1. The van der Waals surface area contributed by atoms with E-state index in [-0.39, 0.29) is 45.0 Å². The second-order valence-electron chi connectivity index (χ2n) is 3.43. The molecule has 4 heteroatoms. The van der Waals surface area contributed by atoms with Gasteiger partial charge in [-0.1, -0.05) is 13.8 Å². The fraction of sp³-hybridized carbons (Fsp3) is 0.333. The van der Waals surface area contributed by atoms with Crippen LogP contribution in [0.2, 0.25) is 0 Å². The molecule has 0 spiro atoms. The van der Waals surface area contributed by atoms with Gasteiger partial charge in [0.15, 0.2) is 0 Å². The van der Waals surface area contributed by atoms with Crippen molar-refractivity contribution in [3.05, 3.63) is 34.9 Å². The smallest absolute Gasteiger partial charge is 0.233 e. The molecule has 0 heterocycles. The fourth-order valence-electron chi connectivity index (χ4n) is 1.18. The third-order valence-electron chi connectivity index (χ3n) is 2.20. The number of carbonyl (C=O) groups is 1. The van der Waals surface area contributed by atoms with Gasteiger partial charge in [0.1, 0.15) is 6.42 Å². The summed E-state index contributed by atoms with van der Waals surface area (Å²) in [6.07, 6.45) is -0.0887. The maximum Gasteiger partial charge on any atom is 0.233 e. The SMILES string of the molecule is Cc1[c-]cc(CNC(=O)CC#N)cc1C.[Y]. The Morgan fingerprint density at radius 1 is 1.56 bits per heavy atom. The summed E-state index contributed by atoms with van der Waals surface area (Å²) in [5.41, 5.74) is 3.27. The molecule has 0 aliphatic rings. The van der Waals surface area contributed by atoms with Crippen molar-refractivity contribution in [2.24, 2.45) is 0 Å². The quantitative estimate of drug-likeness (QED) is 0.860. The van der Waals surface area contributed by atoms with Crippen molar-refractivity contribution in [3.8, 4) is 6.07 Å². The van der Waals surface area contributed by atoms with Crippen molar-refractivity contribution in [2.75, 3.05) is 0 Å². The van der Waals surface area contributed by atoms with Crippen molar-refractivity contribution < 1.29 is 37.5 Å². The summed E-state index contributed by atoms with van der Waals surface area (Å²) in [5.74, 6) is -0.240. The second-order valence-corrected chi connectivity index (χ2v) is 3.43. The van der Waals surface area contributed by atoms with Gasteiger partial charge in [-0.15, -0.1) is 5.56 Å². The van der Waals surface area contributed by atoms with Crippen LogP contribution in [0.1, 0.15) is 23.1 Å². The average Bonchev–Trinajstić information content (AvgIpc) is 2.20. The summed E-state index contributed by atoms with van der Waals surface area (Å²) < 4.78 is 0. The monoisotopic (exact) mass is 290 g/mol. The Balaban J connectivity index is 0.00000225. The Morgan fingerprint density at radius 3 is 2.81 bits per heavy atom. The molecule has 0 aliphatic carbocycles. The Morgan fingerprint density at radius 2 is 2.25 bits per heavy atom. The minimum absolute atomic E-state index is 0. The van der Waals surface area contributed by atoms with Crippen LogP contribution in [0, 0.1) is 31.2 Å². The fourth-order valence-corrected chi connectivity index (χ4v) is 1.18. The van der Waals surface area contributed by atoms with E-state index in [2.05, 4.69) is 11.4 Å². The zero-order chi connectivity index (χ0) is 11.3. The molecule has 0 aromatic heterocycles. The molecular formula is C12H13N2OY-. The van der Waals surface area contributed by atoms with Crippen molar-refractivity contribution in [3.63, 3.8) is 0 Å². The average molecular weight is 290 g/mol. The summed E-state index contributed by atoms with van der Waals surface area (Å²) in [5, 5.41) is 11.0. The van der Waals surface area contributed by atoms with Crippen LogP contribution in [0.5, 0.6) is 0 Å². The predicted octanol–water partition coefficient (Wildman–Crippen LogP) is 1.63. The Bertz CT molecular complexity index is 410. The molecule has 1 amide bonds. The molecule has 0 bridgehead atoms. The van der Waals surface area contributed by atoms with Crippen molar-refractivity contribution in [1.29, 1.82) is 5.26 Å². The standard InChI is InChI=1S/C12H13N2O.Y/c1-9-3-4-11(7-10(9)2)8-14-12(15)5-6-13;/h4,7H,5,8H2,1-2H3,(H,14,15);/q-1;. The minimum atomic E-state index is -0.240. The minimum Gasteiger partial charge on any atom is -0.362 e. The Hall–Kier alpha value is -0.716. The molecule has 0 aliphatic heterocycles. The zero-order valence-corrected chi connectivity index (χ0v) is 12.3. The molecule has 0 saturated carbocycles. The first-order valence-corrected chi connectivity index (χ1v) is 4.75. The largest absolute Gasteiger partial charge is 0.362 e. The molecule has 16 heavy (non-hydrogen) atoms. The summed E-state index contributed by atoms with van der Waals surface area (Å²) >= 11 is 0. The summed E-state index contributed by atoms with van der Waals surface area (Å²) in [6, 6.07) is 8.78. The maximum atomic E-state index is 11.0. The molecule has 1 radical (unpaired) electrons. The molecule has 1 aromatic carbocycles. The third-order valence-corrected chi connectivity index (χ3v) is 2.20. The van der Waals surface area contributed by atoms with Crippen LogP contribution in [-0.4, -0.2) is 5.91 Å². The number of amides is 1. The molecule has 1 N–H and O–H groups in total. The van der Waals surface area contributed by atoms with E-state index in [1.54, 1.807) is 6.07 Å². The van der Waals surface area contributed by atoms with Crippen LogP contribution in [0.15, 0.2) is 12.1 Å². The van der Waals surface area contributed by atoms with E-state index in [1.807, 2.05) is 26.0 Å². The van der Waals surface area contributed by atoms with E-state index in [0.29, 0.717) is 6.54 Å². The van der Waals surface area contributed by atoms with Crippen LogP contribution < -0.4 is 5.32 Å². The number of hydrogen-bond donors (Lipinski definition) is 1. The number of nitrogens with zero attached hydrogens (tertiary/aromatic N) is 1. The molecular weight excluding hydrogens is 277 g/mol. The number of hydrogen-bond acceptors (Lipinski definition) is 2. The Labute approximate surface area is 121 Å². The predicted molar refractivity (Wildman–Crippen MR) is 56.8 cm³/mol. The first-order valence-electron chi connectivity index (χ1n) is 4.75. The van der Waals surface area contributed by atoms with E-state index in [4.69, 9.17) is 5.26 Å². The van der Waals surface area contributed by atoms with E-state index in [9.17, 15) is 4.79 Å². The molecule has 81 valence electrons. The van der Waals surface area contributed by atoms with Crippen LogP contribution in [-0.2, 0) is 44.0 Å². The normalized spacial score (nSPS) is 8.81. The van der Waals surface area contributed by atoms with Gasteiger partial charge in [-0.3, -0.25) is 4.79 Å². The van der Waals surface area contributed by atoms with Gasteiger partial charge >= 0.3 is 0 Å². The second kappa shape index (κ2) is 7.54. The van der Waals surface area contributed by atoms with Gasteiger partial charge in [0.2, 0.25) is 5.91 Å². The summed E-state index contributed by atoms with van der Waals surface area (Å²) in [7, 11) is 0. The van der Waals surface area contributed by atoms with Gasteiger partial charge in [0.25, 0.3) is 0 Å². The van der Waals surface area contributed by atoms with Gasteiger partial charge in [0, 0.05) is 32.7 Å². The Kier molecular flexibility index (Phi) is 7.20. The first kappa shape index (κ1) is 15.3. The number of aryl methyl sites for hydroxylation is 2. The van der Waals surface area contributed by atoms with Crippen molar-refractivity contribution in [2.45, 2.75) is 26.8 Å². The molecule has 1 rings (SSSR count).